The van der Waals surface area contributed by atoms with Crippen LogP contribution in [0.4, 0.5) is 0 Å². The lowest BCUT2D eigenvalue weighted by Gasteiger charge is -2.35. The van der Waals surface area contributed by atoms with Gasteiger partial charge in [-0.1, -0.05) is 48.0 Å². The second-order valence-electron chi connectivity index (χ2n) is 8.71. The number of hydrogen-bond donors (Lipinski definition) is 0. The summed E-state index contributed by atoms with van der Waals surface area (Å²) in [5, 5.41) is 1.44. The predicted molar refractivity (Wildman–Crippen MR) is 130 cm³/mol. The first kappa shape index (κ1) is 21.9. The molecule has 0 aliphatic carbocycles. The zero-order valence-corrected chi connectivity index (χ0v) is 19.3. The number of fused-ring (bicyclic) bond motifs is 1. The van der Waals surface area contributed by atoms with Gasteiger partial charge in [0.15, 0.2) is 0 Å². The van der Waals surface area contributed by atoms with Crippen LogP contribution in [0.2, 0.25) is 5.02 Å². The van der Waals surface area contributed by atoms with Crippen molar-refractivity contribution in [1.29, 1.82) is 0 Å². The third-order valence-electron chi connectivity index (χ3n) is 6.57. The van der Waals surface area contributed by atoms with Gasteiger partial charge < -0.3 is 9.80 Å². The van der Waals surface area contributed by atoms with Crippen LogP contribution in [-0.2, 0) is 4.79 Å². The van der Waals surface area contributed by atoms with E-state index in [9.17, 15) is 9.59 Å². The summed E-state index contributed by atoms with van der Waals surface area (Å²) in [5.41, 5.74) is 2.91. The van der Waals surface area contributed by atoms with E-state index in [1.165, 1.54) is 0 Å². The lowest BCUT2D eigenvalue weighted by atomic mass is 10.0. The van der Waals surface area contributed by atoms with E-state index in [1.807, 2.05) is 64.4 Å². The molecular weight excluding hydrogens is 436 g/mol. The Bertz CT molecular complexity index is 1180. The van der Waals surface area contributed by atoms with E-state index < -0.39 is 0 Å². The highest BCUT2D eigenvalue weighted by Crippen LogP contribution is 2.30. The summed E-state index contributed by atoms with van der Waals surface area (Å²) in [5.74, 6) is 0.198. The maximum Gasteiger partial charge on any atom is 0.254 e. The topological polar surface area (TPSA) is 56.8 Å². The zero-order valence-electron chi connectivity index (χ0n) is 18.5. The SMILES string of the molecule is O=C(CN1CCN(C(=O)c2cc(-c3ccccc3Cl)nc3ccccc23)CC1)N1CCCC1. The van der Waals surface area contributed by atoms with Crippen molar-refractivity contribution in [2.75, 3.05) is 45.8 Å². The minimum Gasteiger partial charge on any atom is -0.342 e. The van der Waals surface area contributed by atoms with Crippen molar-refractivity contribution in [1.82, 2.24) is 19.7 Å². The smallest absolute Gasteiger partial charge is 0.254 e. The summed E-state index contributed by atoms with van der Waals surface area (Å²) < 4.78 is 0. The van der Waals surface area contributed by atoms with Crippen LogP contribution >= 0.6 is 11.6 Å². The number of carbonyl (C=O) groups excluding carboxylic acids is 2. The molecule has 0 unspecified atom stereocenters. The lowest BCUT2D eigenvalue weighted by molar-refractivity contribution is -0.131. The molecular formula is C26H27ClN4O2. The van der Waals surface area contributed by atoms with Crippen LogP contribution in [0.5, 0.6) is 0 Å². The van der Waals surface area contributed by atoms with Gasteiger partial charge in [0.05, 0.1) is 23.3 Å². The minimum absolute atomic E-state index is 0.00702. The van der Waals surface area contributed by atoms with E-state index in [2.05, 4.69) is 4.90 Å². The molecule has 0 atom stereocenters. The molecule has 1 aromatic heterocycles. The van der Waals surface area contributed by atoms with Crippen LogP contribution < -0.4 is 0 Å². The quantitative estimate of drug-likeness (QED) is 0.589. The Balaban J connectivity index is 1.35. The molecule has 3 aromatic rings. The van der Waals surface area contributed by atoms with E-state index >= 15 is 0 Å². The molecule has 7 heteroatoms. The fourth-order valence-corrected chi connectivity index (χ4v) is 4.93. The van der Waals surface area contributed by atoms with Crippen LogP contribution in [-0.4, -0.2) is 77.3 Å². The van der Waals surface area contributed by atoms with E-state index in [-0.39, 0.29) is 11.8 Å². The second-order valence-corrected chi connectivity index (χ2v) is 9.12. The third kappa shape index (κ3) is 4.59. The number of pyridine rings is 1. The zero-order chi connectivity index (χ0) is 22.8. The van der Waals surface area contributed by atoms with Gasteiger partial charge >= 0.3 is 0 Å². The van der Waals surface area contributed by atoms with E-state index in [0.29, 0.717) is 49.0 Å². The molecule has 2 amide bonds. The molecule has 0 radical (unpaired) electrons. The first-order chi connectivity index (χ1) is 16.1. The number of hydrogen-bond acceptors (Lipinski definition) is 4. The highest BCUT2D eigenvalue weighted by molar-refractivity contribution is 6.33. The summed E-state index contributed by atoms with van der Waals surface area (Å²) in [7, 11) is 0. The molecule has 0 spiro atoms. The summed E-state index contributed by atoms with van der Waals surface area (Å²) in [6.45, 7) is 4.79. The molecule has 2 aromatic carbocycles. The number of piperazine rings is 1. The van der Waals surface area contributed by atoms with Crippen LogP contribution in [0.3, 0.4) is 0 Å². The average molecular weight is 463 g/mol. The first-order valence-corrected chi connectivity index (χ1v) is 11.9. The maximum atomic E-state index is 13.6. The monoisotopic (exact) mass is 462 g/mol. The minimum atomic E-state index is -0.00702. The average Bonchev–Trinajstić information content (AvgIpc) is 3.39. The molecule has 2 aliphatic rings. The number of amides is 2. The van der Waals surface area contributed by atoms with Gasteiger partial charge in [-0.2, -0.15) is 0 Å². The van der Waals surface area contributed by atoms with Gasteiger partial charge in [0.2, 0.25) is 5.91 Å². The van der Waals surface area contributed by atoms with Gasteiger partial charge in [-0.05, 0) is 31.0 Å². The van der Waals surface area contributed by atoms with Gasteiger partial charge in [-0.15, -0.1) is 0 Å². The number of halogens is 1. The molecule has 33 heavy (non-hydrogen) atoms. The number of para-hydroxylation sites is 1. The third-order valence-corrected chi connectivity index (χ3v) is 6.90. The largest absolute Gasteiger partial charge is 0.342 e. The Morgan fingerprint density at radius 3 is 2.30 bits per heavy atom. The fourth-order valence-electron chi connectivity index (χ4n) is 4.70. The normalized spacial score (nSPS) is 17.0. The molecule has 2 aliphatic heterocycles. The van der Waals surface area contributed by atoms with Crippen molar-refractivity contribution >= 4 is 34.3 Å². The molecule has 0 bridgehead atoms. The molecule has 0 saturated carbocycles. The molecule has 170 valence electrons. The maximum absolute atomic E-state index is 13.6. The summed E-state index contributed by atoms with van der Waals surface area (Å²) in [6, 6.07) is 17.1. The number of nitrogens with zero attached hydrogens (tertiary/aromatic N) is 4. The van der Waals surface area contributed by atoms with Gasteiger partial charge in [0.1, 0.15) is 0 Å². The van der Waals surface area contributed by atoms with Crippen LogP contribution in [0.25, 0.3) is 22.2 Å². The van der Waals surface area contributed by atoms with E-state index in [1.54, 1.807) is 0 Å². The fraction of sp³-hybridized carbons (Fsp3) is 0.346. The van der Waals surface area contributed by atoms with E-state index in [0.717, 1.165) is 42.4 Å². The summed E-state index contributed by atoms with van der Waals surface area (Å²) in [6.07, 6.45) is 2.20. The first-order valence-electron chi connectivity index (χ1n) is 11.5. The summed E-state index contributed by atoms with van der Waals surface area (Å²) >= 11 is 6.42. The Kier molecular flexibility index (Phi) is 6.29. The Hall–Kier alpha value is -2.96. The number of carbonyl (C=O) groups is 2. The standard InChI is InChI=1S/C26H27ClN4O2/c27-22-9-3-1-8-20(22)24-17-21(19-7-2-4-10-23(19)28-24)26(33)31-15-13-29(14-16-31)18-25(32)30-11-5-6-12-30/h1-4,7-10,17H,5-6,11-16,18H2. The van der Waals surface area contributed by atoms with Gasteiger partial charge in [-0.25, -0.2) is 4.98 Å². The van der Waals surface area contributed by atoms with Crippen molar-refractivity contribution in [2.45, 2.75) is 12.8 Å². The summed E-state index contributed by atoms with van der Waals surface area (Å²) in [4.78, 5) is 36.8. The Morgan fingerprint density at radius 2 is 1.55 bits per heavy atom. The molecule has 3 heterocycles. The van der Waals surface area contributed by atoms with Crippen LogP contribution in [0.1, 0.15) is 23.2 Å². The lowest BCUT2D eigenvalue weighted by Crippen LogP contribution is -2.51. The molecule has 6 nitrogen and oxygen atoms in total. The highest BCUT2D eigenvalue weighted by atomic mass is 35.5. The molecule has 2 fully saturated rings. The molecule has 5 rings (SSSR count). The predicted octanol–water partition coefficient (Wildman–Crippen LogP) is 3.94. The van der Waals surface area contributed by atoms with Crippen LogP contribution in [0.15, 0.2) is 54.6 Å². The Labute approximate surface area is 198 Å². The van der Waals surface area contributed by atoms with Crippen LogP contribution in [0, 0.1) is 0 Å². The number of likely N-dealkylation sites (tertiary alicyclic amines) is 1. The van der Waals surface area contributed by atoms with Crippen molar-refractivity contribution in [3.63, 3.8) is 0 Å². The van der Waals surface area contributed by atoms with Crippen molar-refractivity contribution in [3.8, 4) is 11.3 Å². The molecule has 2 saturated heterocycles. The van der Waals surface area contributed by atoms with Crippen molar-refractivity contribution in [2.24, 2.45) is 0 Å². The number of benzene rings is 2. The van der Waals surface area contributed by atoms with Crippen molar-refractivity contribution in [3.05, 3.63) is 65.2 Å². The van der Waals surface area contributed by atoms with Gasteiger partial charge in [-0.3, -0.25) is 14.5 Å². The van der Waals surface area contributed by atoms with Crippen molar-refractivity contribution < 1.29 is 9.59 Å². The Morgan fingerprint density at radius 1 is 0.848 bits per heavy atom. The number of aromatic nitrogens is 1. The second kappa shape index (κ2) is 9.49. The number of rotatable bonds is 4. The molecule has 0 N–H and O–H groups in total. The van der Waals surface area contributed by atoms with Gasteiger partial charge in [0.25, 0.3) is 5.91 Å². The van der Waals surface area contributed by atoms with E-state index in [4.69, 9.17) is 16.6 Å². The highest BCUT2D eigenvalue weighted by Gasteiger charge is 2.27. The van der Waals surface area contributed by atoms with Gasteiger partial charge in [0, 0.05) is 55.2 Å².